The second-order valence-electron chi connectivity index (χ2n) is 7.67. The molecule has 0 saturated heterocycles. The van der Waals surface area contributed by atoms with E-state index in [1.54, 1.807) is 18.2 Å². The molecule has 3 aromatic rings. The van der Waals surface area contributed by atoms with Crippen LogP contribution in [0.2, 0.25) is 0 Å². The monoisotopic (exact) mass is 477 g/mol. The lowest BCUT2D eigenvalue weighted by Gasteiger charge is -2.19. The van der Waals surface area contributed by atoms with Gasteiger partial charge in [0, 0.05) is 18.3 Å². The van der Waals surface area contributed by atoms with E-state index in [1.165, 1.54) is 22.5 Å². The fourth-order valence-electron chi connectivity index (χ4n) is 3.56. The Balaban J connectivity index is 1.37. The molecule has 0 aliphatic carbocycles. The van der Waals surface area contributed by atoms with Gasteiger partial charge in [-0.15, -0.1) is 0 Å². The predicted molar refractivity (Wildman–Crippen MR) is 136 cm³/mol. The highest BCUT2D eigenvalue weighted by molar-refractivity contribution is 7.92. The molecule has 0 spiro atoms. The average Bonchev–Trinajstić information content (AvgIpc) is 3.24. The molecule has 0 bridgehead atoms. The molecule has 2 N–H and O–H groups in total. The maximum Gasteiger partial charge on any atom is 0.264 e. The van der Waals surface area contributed by atoms with E-state index in [2.05, 4.69) is 10.6 Å². The number of para-hydroxylation sites is 1. The summed E-state index contributed by atoms with van der Waals surface area (Å²) in [5.74, 6) is -0.361. The minimum Gasteiger partial charge on any atom is -0.332 e. The highest BCUT2D eigenvalue weighted by Crippen LogP contribution is 2.32. The van der Waals surface area contributed by atoms with Crippen LogP contribution in [0, 0.1) is 6.92 Å². The van der Waals surface area contributed by atoms with Crippen molar-refractivity contribution in [2.24, 2.45) is 0 Å². The molecule has 0 atom stereocenters. The number of amides is 1. The van der Waals surface area contributed by atoms with E-state index in [0.29, 0.717) is 18.7 Å². The average molecular weight is 478 g/mol. The van der Waals surface area contributed by atoms with Crippen LogP contribution in [0.5, 0.6) is 0 Å². The van der Waals surface area contributed by atoms with Gasteiger partial charge in [0.15, 0.2) is 5.11 Å². The van der Waals surface area contributed by atoms with Crippen molar-refractivity contribution < 1.29 is 13.2 Å². The summed E-state index contributed by atoms with van der Waals surface area (Å²) in [6, 6.07) is 21.6. The van der Waals surface area contributed by atoms with Gasteiger partial charge in [-0.05, 0) is 73.1 Å². The number of hydrogen-bond donors (Lipinski definition) is 2. The number of anilines is 2. The largest absolute Gasteiger partial charge is 0.332 e. The van der Waals surface area contributed by atoms with Crippen molar-refractivity contribution >= 4 is 50.7 Å². The van der Waals surface area contributed by atoms with E-state index in [1.807, 2.05) is 55.5 Å². The summed E-state index contributed by atoms with van der Waals surface area (Å²) in [4.78, 5) is 12.3. The zero-order valence-electron chi connectivity index (χ0n) is 18.0. The number of carbonyl (C=O) groups is 1. The highest BCUT2D eigenvalue weighted by atomic mass is 32.2. The van der Waals surface area contributed by atoms with Gasteiger partial charge in [-0.1, -0.05) is 48.0 Å². The van der Waals surface area contributed by atoms with Crippen LogP contribution in [0.3, 0.4) is 0 Å². The highest BCUT2D eigenvalue weighted by Gasteiger charge is 2.30. The van der Waals surface area contributed by atoms with Crippen molar-refractivity contribution in [1.29, 1.82) is 0 Å². The zero-order chi connectivity index (χ0) is 23.4. The molecule has 0 radical (unpaired) electrons. The molecule has 1 heterocycles. The van der Waals surface area contributed by atoms with Crippen molar-refractivity contribution in [2.45, 2.75) is 18.2 Å². The second-order valence-corrected chi connectivity index (χ2v) is 9.94. The Hall–Kier alpha value is -3.49. The number of nitrogens with one attached hydrogen (secondary N) is 2. The summed E-state index contributed by atoms with van der Waals surface area (Å²) in [5, 5.41) is 5.60. The Labute approximate surface area is 199 Å². The Morgan fingerprint density at radius 2 is 1.70 bits per heavy atom. The number of hydrogen-bond acceptors (Lipinski definition) is 4. The summed E-state index contributed by atoms with van der Waals surface area (Å²) in [6.45, 7) is 2.42. The summed E-state index contributed by atoms with van der Waals surface area (Å²) >= 11 is 5.19. The third-order valence-electron chi connectivity index (χ3n) is 5.29. The van der Waals surface area contributed by atoms with Crippen molar-refractivity contribution in [3.63, 3.8) is 0 Å². The van der Waals surface area contributed by atoms with Gasteiger partial charge in [-0.25, -0.2) is 8.42 Å². The lowest BCUT2D eigenvalue weighted by Crippen LogP contribution is -2.32. The predicted octanol–water partition coefficient (Wildman–Crippen LogP) is 4.27. The number of rotatable bonds is 5. The van der Waals surface area contributed by atoms with Gasteiger partial charge >= 0.3 is 0 Å². The molecular formula is C25H23N3O3S2. The molecule has 0 unspecified atom stereocenters. The van der Waals surface area contributed by atoms with E-state index in [4.69, 9.17) is 12.2 Å². The molecule has 1 aliphatic rings. The molecule has 6 nitrogen and oxygen atoms in total. The van der Waals surface area contributed by atoms with Gasteiger partial charge in [-0.2, -0.15) is 0 Å². The summed E-state index contributed by atoms with van der Waals surface area (Å²) in [5.41, 5.74) is 4.38. The Morgan fingerprint density at radius 1 is 1.00 bits per heavy atom. The number of thiocarbonyl (C=S) groups is 1. The SMILES string of the molecule is Cc1ccc(C=CC(=O)NC(=S)Nc2ccc(S(=O)(=O)N3CCc4ccccc43)cc2)cc1. The third-order valence-corrected chi connectivity index (χ3v) is 7.32. The molecule has 0 saturated carbocycles. The summed E-state index contributed by atoms with van der Waals surface area (Å²) in [6.07, 6.45) is 3.80. The third kappa shape index (κ3) is 5.30. The first-order valence-electron chi connectivity index (χ1n) is 10.4. The van der Waals surface area contributed by atoms with Crippen LogP contribution in [0.25, 0.3) is 6.08 Å². The first-order chi connectivity index (χ1) is 15.8. The normalized spacial score (nSPS) is 13.1. The van der Waals surface area contributed by atoms with Gasteiger partial charge in [0.1, 0.15) is 0 Å². The number of carbonyl (C=O) groups excluding carboxylic acids is 1. The quantitative estimate of drug-likeness (QED) is 0.424. The van der Waals surface area contributed by atoms with E-state index >= 15 is 0 Å². The first kappa shape index (κ1) is 22.7. The number of nitrogens with zero attached hydrogens (tertiary/aromatic N) is 1. The van der Waals surface area contributed by atoms with Crippen LogP contribution < -0.4 is 14.9 Å². The number of fused-ring (bicyclic) bond motifs is 1. The molecule has 168 valence electrons. The number of sulfonamides is 1. The fraction of sp³-hybridized carbons (Fsp3) is 0.120. The molecule has 8 heteroatoms. The van der Waals surface area contributed by atoms with Crippen LogP contribution in [-0.2, 0) is 21.2 Å². The van der Waals surface area contributed by atoms with Gasteiger partial charge < -0.3 is 5.32 Å². The maximum absolute atomic E-state index is 13.1. The maximum atomic E-state index is 13.1. The van der Waals surface area contributed by atoms with Crippen LogP contribution in [0.1, 0.15) is 16.7 Å². The topological polar surface area (TPSA) is 78.5 Å². The molecule has 1 amide bonds. The molecule has 3 aromatic carbocycles. The van der Waals surface area contributed by atoms with Crippen molar-refractivity contribution in [3.05, 3.63) is 95.6 Å². The molecule has 4 rings (SSSR count). The number of aryl methyl sites for hydroxylation is 1. The Bertz CT molecular complexity index is 1320. The van der Waals surface area contributed by atoms with E-state index in [9.17, 15) is 13.2 Å². The van der Waals surface area contributed by atoms with Crippen molar-refractivity contribution in [2.75, 3.05) is 16.2 Å². The minimum absolute atomic E-state index is 0.123. The van der Waals surface area contributed by atoms with Crippen molar-refractivity contribution in [1.82, 2.24) is 5.32 Å². The Morgan fingerprint density at radius 3 is 2.42 bits per heavy atom. The van der Waals surface area contributed by atoms with E-state index < -0.39 is 10.0 Å². The molecule has 33 heavy (non-hydrogen) atoms. The van der Waals surface area contributed by atoms with Gasteiger partial charge in [-0.3, -0.25) is 14.4 Å². The molecule has 0 aromatic heterocycles. The number of benzene rings is 3. The minimum atomic E-state index is -3.66. The summed E-state index contributed by atoms with van der Waals surface area (Å²) in [7, 11) is -3.66. The lowest BCUT2D eigenvalue weighted by molar-refractivity contribution is -0.115. The second kappa shape index (κ2) is 9.56. The van der Waals surface area contributed by atoms with Crippen LogP contribution in [0.15, 0.2) is 83.8 Å². The van der Waals surface area contributed by atoms with Gasteiger partial charge in [0.05, 0.1) is 10.6 Å². The van der Waals surface area contributed by atoms with Crippen LogP contribution in [-0.4, -0.2) is 26.0 Å². The molecular weight excluding hydrogens is 454 g/mol. The van der Waals surface area contributed by atoms with E-state index in [-0.39, 0.29) is 15.9 Å². The van der Waals surface area contributed by atoms with Crippen LogP contribution in [0.4, 0.5) is 11.4 Å². The lowest BCUT2D eigenvalue weighted by atomic mass is 10.1. The Kier molecular flexibility index (Phi) is 6.57. The smallest absolute Gasteiger partial charge is 0.264 e. The molecule has 1 aliphatic heterocycles. The standard InChI is InChI=1S/C25H23N3O3S2/c1-18-6-8-19(9-7-18)10-15-24(29)27-25(32)26-21-11-13-22(14-12-21)33(30,31)28-17-16-20-4-2-3-5-23(20)28/h2-15H,16-17H2,1H3,(H2,26,27,29,32). The van der Waals surface area contributed by atoms with Gasteiger partial charge in [0.2, 0.25) is 5.91 Å². The fourth-order valence-corrected chi connectivity index (χ4v) is 5.28. The summed E-state index contributed by atoms with van der Waals surface area (Å²) < 4.78 is 27.6. The first-order valence-corrected chi connectivity index (χ1v) is 12.3. The van der Waals surface area contributed by atoms with E-state index in [0.717, 1.165) is 22.4 Å². The zero-order valence-corrected chi connectivity index (χ0v) is 19.6. The van der Waals surface area contributed by atoms with Crippen molar-refractivity contribution in [3.8, 4) is 0 Å². The molecule has 0 fully saturated rings. The van der Waals surface area contributed by atoms with Crippen LogP contribution >= 0.6 is 12.2 Å². The van der Waals surface area contributed by atoms with Gasteiger partial charge in [0.25, 0.3) is 10.0 Å².